The summed E-state index contributed by atoms with van der Waals surface area (Å²) in [4.78, 5) is 0. The maximum Gasteiger partial charge on any atom is 0.118 e. The van der Waals surface area contributed by atoms with Gasteiger partial charge in [-0.25, -0.2) is 0 Å². The summed E-state index contributed by atoms with van der Waals surface area (Å²) < 4.78 is 10.5. The summed E-state index contributed by atoms with van der Waals surface area (Å²) in [5.74, 6) is 1.60. The third kappa shape index (κ3) is 2.86. The molecule has 3 aromatic rings. The molecule has 0 fully saturated rings. The molecule has 0 aliphatic rings. The van der Waals surface area contributed by atoms with Crippen molar-refractivity contribution in [3.05, 3.63) is 60.7 Å². The van der Waals surface area contributed by atoms with E-state index >= 15 is 0 Å². The Hall–Kier alpha value is -3.14. The molecule has 0 unspecified atom stereocenters. The zero-order valence-corrected chi connectivity index (χ0v) is 13.7. The van der Waals surface area contributed by atoms with Crippen LogP contribution in [-0.2, 0) is 0 Å². The first-order chi connectivity index (χ1) is 11.6. The molecule has 4 N–H and O–H groups in total. The Kier molecular flexibility index (Phi) is 4.29. The molecule has 0 aliphatic heterocycles. The quantitative estimate of drug-likeness (QED) is 0.707. The minimum Gasteiger partial charge on any atom is -0.497 e. The lowest BCUT2D eigenvalue weighted by Crippen LogP contribution is -1.98. The molecule has 0 aromatic heterocycles. The van der Waals surface area contributed by atoms with Gasteiger partial charge in [0, 0.05) is 22.5 Å². The van der Waals surface area contributed by atoms with Gasteiger partial charge in [-0.1, -0.05) is 24.3 Å². The van der Waals surface area contributed by atoms with Crippen molar-refractivity contribution in [1.29, 1.82) is 0 Å². The molecule has 4 heteroatoms. The van der Waals surface area contributed by atoms with Crippen LogP contribution in [0, 0.1) is 0 Å². The monoisotopic (exact) mass is 320 g/mol. The number of ether oxygens (including phenoxy) is 2. The third-order valence-corrected chi connectivity index (χ3v) is 4.03. The van der Waals surface area contributed by atoms with Gasteiger partial charge in [-0.3, -0.25) is 0 Å². The number of rotatable bonds is 4. The van der Waals surface area contributed by atoms with Crippen LogP contribution in [0.5, 0.6) is 11.5 Å². The van der Waals surface area contributed by atoms with Gasteiger partial charge in [-0.2, -0.15) is 0 Å². The Bertz CT molecular complexity index is 768. The summed E-state index contributed by atoms with van der Waals surface area (Å²) in [6.45, 7) is 0. The second kappa shape index (κ2) is 6.54. The fourth-order valence-electron chi connectivity index (χ4n) is 2.77. The lowest BCUT2D eigenvalue weighted by Gasteiger charge is -2.16. The van der Waals surface area contributed by atoms with Crippen LogP contribution in [0.15, 0.2) is 60.7 Å². The number of methoxy groups -OCH3 is 2. The Morgan fingerprint density at radius 2 is 0.875 bits per heavy atom. The molecular weight excluding hydrogens is 300 g/mol. The fraction of sp³-hybridized carbons (Fsp3) is 0.100. The molecule has 3 aromatic carbocycles. The van der Waals surface area contributed by atoms with Crippen molar-refractivity contribution < 1.29 is 9.47 Å². The predicted molar refractivity (Wildman–Crippen MR) is 99.2 cm³/mol. The van der Waals surface area contributed by atoms with E-state index in [1.807, 2.05) is 60.7 Å². The first-order valence-electron chi connectivity index (χ1n) is 7.61. The second-order valence-corrected chi connectivity index (χ2v) is 5.45. The highest BCUT2D eigenvalue weighted by molar-refractivity contribution is 5.97. The van der Waals surface area contributed by atoms with Crippen LogP contribution in [-0.4, -0.2) is 14.2 Å². The van der Waals surface area contributed by atoms with E-state index < -0.39 is 0 Å². The first kappa shape index (κ1) is 15.7. The minimum atomic E-state index is 0.681. The van der Waals surface area contributed by atoms with Crippen LogP contribution in [0.2, 0.25) is 0 Å². The van der Waals surface area contributed by atoms with E-state index in [4.69, 9.17) is 20.9 Å². The van der Waals surface area contributed by atoms with Crippen molar-refractivity contribution in [3.63, 3.8) is 0 Å². The average molecular weight is 320 g/mol. The van der Waals surface area contributed by atoms with Crippen molar-refractivity contribution in [3.8, 4) is 33.8 Å². The van der Waals surface area contributed by atoms with E-state index in [-0.39, 0.29) is 0 Å². The Labute approximate surface area is 141 Å². The van der Waals surface area contributed by atoms with Crippen molar-refractivity contribution in [2.45, 2.75) is 0 Å². The number of anilines is 2. The van der Waals surface area contributed by atoms with Crippen LogP contribution in [0.3, 0.4) is 0 Å². The molecular formula is C20H20N2O2. The molecule has 122 valence electrons. The number of benzene rings is 3. The third-order valence-electron chi connectivity index (χ3n) is 4.03. The normalized spacial score (nSPS) is 10.4. The molecule has 0 amide bonds. The van der Waals surface area contributed by atoms with Crippen molar-refractivity contribution in [2.75, 3.05) is 25.7 Å². The van der Waals surface area contributed by atoms with E-state index in [2.05, 4.69) is 0 Å². The van der Waals surface area contributed by atoms with E-state index in [1.165, 1.54) is 0 Å². The van der Waals surface area contributed by atoms with Crippen molar-refractivity contribution >= 4 is 11.4 Å². The lowest BCUT2D eigenvalue weighted by molar-refractivity contribution is 0.414. The fourth-order valence-corrected chi connectivity index (χ4v) is 2.77. The molecule has 0 saturated heterocycles. The molecule has 3 rings (SSSR count). The van der Waals surface area contributed by atoms with Gasteiger partial charge in [-0.15, -0.1) is 0 Å². The molecule has 0 heterocycles. The Morgan fingerprint density at radius 1 is 0.542 bits per heavy atom. The van der Waals surface area contributed by atoms with Gasteiger partial charge in [0.15, 0.2) is 0 Å². The van der Waals surface area contributed by atoms with Crippen LogP contribution in [0.1, 0.15) is 0 Å². The van der Waals surface area contributed by atoms with E-state index in [0.717, 1.165) is 33.8 Å². The summed E-state index contributed by atoms with van der Waals surface area (Å²) in [7, 11) is 3.29. The standard InChI is InChI=1S/C20H20N2O2/c1-23-15-7-3-13(4-8-15)19-17(21)11-12-18(22)20(19)14-5-9-16(24-2)10-6-14/h3-12H,21-22H2,1-2H3. The Balaban J connectivity index is 2.19. The minimum absolute atomic E-state index is 0.681. The summed E-state index contributed by atoms with van der Waals surface area (Å²) in [6, 6.07) is 19.3. The van der Waals surface area contributed by atoms with Gasteiger partial charge in [0.05, 0.1) is 14.2 Å². The molecule has 0 radical (unpaired) electrons. The molecule has 0 aliphatic carbocycles. The summed E-state index contributed by atoms with van der Waals surface area (Å²) >= 11 is 0. The van der Waals surface area contributed by atoms with Gasteiger partial charge < -0.3 is 20.9 Å². The molecule has 0 saturated carbocycles. The topological polar surface area (TPSA) is 70.5 Å². The summed E-state index contributed by atoms with van der Waals surface area (Å²) in [6.07, 6.45) is 0. The predicted octanol–water partition coefficient (Wildman–Crippen LogP) is 4.20. The van der Waals surface area contributed by atoms with Gasteiger partial charge in [0.1, 0.15) is 11.5 Å². The number of hydrogen-bond acceptors (Lipinski definition) is 4. The maximum atomic E-state index is 6.27. The largest absolute Gasteiger partial charge is 0.497 e. The van der Waals surface area contributed by atoms with Gasteiger partial charge in [0.25, 0.3) is 0 Å². The molecule has 24 heavy (non-hydrogen) atoms. The van der Waals surface area contributed by atoms with Gasteiger partial charge in [-0.05, 0) is 47.5 Å². The van der Waals surface area contributed by atoms with Crippen LogP contribution >= 0.6 is 0 Å². The molecule has 0 bridgehead atoms. The first-order valence-corrected chi connectivity index (χ1v) is 7.61. The molecule has 4 nitrogen and oxygen atoms in total. The number of nitrogen functional groups attached to an aromatic ring is 2. The highest BCUT2D eigenvalue weighted by Gasteiger charge is 2.14. The highest BCUT2D eigenvalue weighted by atomic mass is 16.5. The SMILES string of the molecule is COc1ccc(-c2c(N)ccc(N)c2-c2ccc(OC)cc2)cc1. The van der Waals surface area contributed by atoms with Crippen molar-refractivity contribution in [2.24, 2.45) is 0 Å². The number of nitrogens with two attached hydrogens (primary N) is 2. The van der Waals surface area contributed by atoms with E-state index in [9.17, 15) is 0 Å². The van der Waals surface area contributed by atoms with E-state index in [0.29, 0.717) is 11.4 Å². The molecule has 0 spiro atoms. The lowest BCUT2D eigenvalue weighted by atomic mass is 9.91. The van der Waals surface area contributed by atoms with Crippen molar-refractivity contribution in [1.82, 2.24) is 0 Å². The molecule has 0 atom stereocenters. The van der Waals surface area contributed by atoms with Crippen LogP contribution in [0.25, 0.3) is 22.3 Å². The average Bonchev–Trinajstić information content (AvgIpc) is 2.63. The van der Waals surface area contributed by atoms with Crippen LogP contribution in [0.4, 0.5) is 11.4 Å². The van der Waals surface area contributed by atoms with E-state index in [1.54, 1.807) is 14.2 Å². The van der Waals surface area contributed by atoms with Gasteiger partial charge >= 0.3 is 0 Å². The second-order valence-electron chi connectivity index (χ2n) is 5.45. The van der Waals surface area contributed by atoms with Gasteiger partial charge in [0.2, 0.25) is 0 Å². The smallest absolute Gasteiger partial charge is 0.118 e. The van der Waals surface area contributed by atoms with Crippen LogP contribution < -0.4 is 20.9 Å². The summed E-state index contributed by atoms with van der Waals surface area (Å²) in [5.41, 5.74) is 17.7. The highest BCUT2D eigenvalue weighted by Crippen LogP contribution is 2.41. The number of hydrogen-bond donors (Lipinski definition) is 2. The Morgan fingerprint density at radius 3 is 1.17 bits per heavy atom. The zero-order valence-electron chi connectivity index (χ0n) is 13.7. The zero-order chi connectivity index (χ0) is 17.1. The maximum absolute atomic E-state index is 6.27. The summed E-state index contributed by atoms with van der Waals surface area (Å²) in [5, 5.41) is 0.